The molecule has 0 saturated carbocycles. The van der Waals surface area contributed by atoms with Crippen molar-refractivity contribution in [2.45, 2.75) is 14.4 Å². The van der Waals surface area contributed by atoms with Crippen LogP contribution in [-0.4, -0.2) is 18.3 Å². The van der Waals surface area contributed by atoms with Crippen molar-refractivity contribution in [3.05, 3.63) is 84.4 Å². The number of hydrogen-bond acceptors (Lipinski definition) is 3. The van der Waals surface area contributed by atoms with Gasteiger partial charge in [0.25, 0.3) is 5.91 Å². The quantitative estimate of drug-likeness (QED) is 0.613. The molecule has 0 bridgehead atoms. The lowest BCUT2D eigenvalue weighted by Gasteiger charge is -2.12. The summed E-state index contributed by atoms with van der Waals surface area (Å²) >= 11 is 0. The Labute approximate surface area is 159 Å². The third kappa shape index (κ3) is 5.28. The maximum Gasteiger partial charge on any atom is 0.262 e. The number of ketones is 1. The third-order valence-electron chi connectivity index (χ3n) is 3.91. The van der Waals surface area contributed by atoms with Crippen molar-refractivity contribution in [1.82, 2.24) is 0 Å². The molecule has 1 N–H and O–H groups in total. The van der Waals surface area contributed by atoms with Gasteiger partial charge in [-0.05, 0) is 42.8 Å². The van der Waals surface area contributed by atoms with Crippen LogP contribution in [0, 0.1) is 0 Å². The Morgan fingerprint density at radius 3 is 2.15 bits per heavy atom. The highest BCUT2D eigenvalue weighted by Crippen LogP contribution is 2.29. The molecule has 138 valence electrons. The zero-order valence-electron chi connectivity index (χ0n) is 14.4. The summed E-state index contributed by atoms with van der Waals surface area (Å²) in [6.07, 6.45) is 0. The zero-order chi connectivity index (χ0) is 18.4. The monoisotopic (exact) mass is 361 g/mol. The lowest BCUT2D eigenvalue weighted by Crippen LogP contribution is -2.20. The SMILES string of the molecule is C.CC(=O)c1ccc(NC(=O)COc2ccccc2-c2ccccc2)cc1. The van der Waals surface area contributed by atoms with Gasteiger partial charge in [-0.2, -0.15) is 0 Å². The summed E-state index contributed by atoms with van der Waals surface area (Å²) in [6.45, 7) is 1.41. The summed E-state index contributed by atoms with van der Waals surface area (Å²) in [5.74, 6) is 0.382. The molecule has 0 heterocycles. The second kappa shape index (κ2) is 9.34. The van der Waals surface area contributed by atoms with Crippen LogP contribution in [0.1, 0.15) is 24.7 Å². The first-order valence-electron chi connectivity index (χ1n) is 8.31. The van der Waals surface area contributed by atoms with Crippen LogP contribution in [0.4, 0.5) is 5.69 Å². The molecule has 3 rings (SSSR count). The van der Waals surface area contributed by atoms with Gasteiger partial charge in [-0.3, -0.25) is 9.59 Å². The number of nitrogens with one attached hydrogen (secondary N) is 1. The molecule has 0 aliphatic rings. The van der Waals surface area contributed by atoms with Crippen LogP contribution in [-0.2, 0) is 4.79 Å². The average molecular weight is 361 g/mol. The van der Waals surface area contributed by atoms with Gasteiger partial charge in [0.05, 0.1) is 0 Å². The Morgan fingerprint density at radius 2 is 1.48 bits per heavy atom. The van der Waals surface area contributed by atoms with Crippen molar-refractivity contribution in [1.29, 1.82) is 0 Å². The van der Waals surface area contributed by atoms with Gasteiger partial charge in [-0.25, -0.2) is 0 Å². The zero-order valence-corrected chi connectivity index (χ0v) is 14.4. The van der Waals surface area contributed by atoms with Gasteiger partial charge in [0, 0.05) is 16.8 Å². The highest BCUT2D eigenvalue weighted by Gasteiger charge is 2.09. The van der Waals surface area contributed by atoms with Crippen LogP contribution in [0.3, 0.4) is 0 Å². The number of carbonyl (C=O) groups is 2. The van der Waals surface area contributed by atoms with Gasteiger partial charge in [-0.15, -0.1) is 0 Å². The first-order valence-corrected chi connectivity index (χ1v) is 8.31. The molecule has 3 aromatic carbocycles. The number of hydrogen-bond donors (Lipinski definition) is 1. The number of benzene rings is 3. The fraction of sp³-hybridized carbons (Fsp3) is 0.130. The van der Waals surface area contributed by atoms with Gasteiger partial charge in [0.1, 0.15) is 5.75 Å². The van der Waals surface area contributed by atoms with E-state index in [4.69, 9.17) is 4.74 Å². The van der Waals surface area contributed by atoms with E-state index < -0.39 is 0 Å². The Morgan fingerprint density at radius 1 is 0.852 bits per heavy atom. The number of anilines is 1. The molecule has 3 aromatic rings. The van der Waals surface area contributed by atoms with Crippen molar-refractivity contribution >= 4 is 17.4 Å². The third-order valence-corrected chi connectivity index (χ3v) is 3.91. The minimum absolute atomic E-state index is 0. The van der Waals surface area contributed by atoms with Crippen molar-refractivity contribution < 1.29 is 14.3 Å². The molecule has 0 fully saturated rings. The summed E-state index contributed by atoms with van der Waals surface area (Å²) in [6, 6.07) is 24.3. The topological polar surface area (TPSA) is 55.4 Å². The summed E-state index contributed by atoms with van der Waals surface area (Å²) in [5.41, 5.74) is 3.20. The Hall–Kier alpha value is -3.40. The molecular formula is C23H23NO3. The van der Waals surface area contributed by atoms with Crippen molar-refractivity contribution in [2.24, 2.45) is 0 Å². The van der Waals surface area contributed by atoms with Crippen LogP contribution < -0.4 is 10.1 Å². The smallest absolute Gasteiger partial charge is 0.262 e. The van der Waals surface area contributed by atoms with E-state index in [9.17, 15) is 9.59 Å². The Bertz CT molecular complexity index is 902. The van der Waals surface area contributed by atoms with Gasteiger partial charge in [-0.1, -0.05) is 56.0 Å². The van der Waals surface area contributed by atoms with Gasteiger partial charge < -0.3 is 10.1 Å². The fourth-order valence-electron chi connectivity index (χ4n) is 2.58. The van der Waals surface area contributed by atoms with Gasteiger partial charge >= 0.3 is 0 Å². The maximum atomic E-state index is 12.1. The van der Waals surface area contributed by atoms with Crippen molar-refractivity contribution in [3.63, 3.8) is 0 Å². The van der Waals surface area contributed by atoms with Crippen LogP contribution in [0.15, 0.2) is 78.9 Å². The van der Waals surface area contributed by atoms with Crippen LogP contribution in [0.2, 0.25) is 0 Å². The highest BCUT2D eigenvalue weighted by molar-refractivity contribution is 5.96. The van der Waals surface area contributed by atoms with Crippen molar-refractivity contribution in [3.8, 4) is 16.9 Å². The number of carbonyl (C=O) groups excluding carboxylic acids is 2. The predicted molar refractivity (Wildman–Crippen MR) is 109 cm³/mol. The Balaban J connectivity index is 0.00000261. The Kier molecular flexibility index (Phi) is 6.89. The van der Waals surface area contributed by atoms with E-state index in [0.29, 0.717) is 17.0 Å². The number of rotatable bonds is 6. The minimum atomic E-state index is -0.261. The molecule has 0 spiro atoms. The predicted octanol–water partition coefficient (Wildman–Crippen LogP) is 5.21. The van der Waals surface area contributed by atoms with E-state index in [2.05, 4.69) is 5.32 Å². The fourth-order valence-corrected chi connectivity index (χ4v) is 2.58. The lowest BCUT2D eigenvalue weighted by molar-refractivity contribution is -0.118. The number of amides is 1. The number of para-hydroxylation sites is 1. The molecule has 27 heavy (non-hydrogen) atoms. The molecule has 4 nitrogen and oxygen atoms in total. The van der Waals surface area contributed by atoms with Gasteiger partial charge in [0.15, 0.2) is 12.4 Å². The summed E-state index contributed by atoms with van der Waals surface area (Å²) in [4.78, 5) is 23.4. The molecule has 1 amide bonds. The van der Waals surface area contributed by atoms with Gasteiger partial charge in [0.2, 0.25) is 0 Å². The lowest BCUT2D eigenvalue weighted by atomic mass is 10.1. The summed E-state index contributed by atoms with van der Waals surface area (Å²) < 4.78 is 5.72. The van der Waals surface area contributed by atoms with Crippen LogP contribution in [0.25, 0.3) is 11.1 Å². The molecule has 4 heteroatoms. The highest BCUT2D eigenvalue weighted by atomic mass is 16.5. The molecule has 0 aliphatic heterocycles. The van der Waals surface area contributed by atoms with Crippen LogP contribution in [0.5, 0.6) is 5.75 Å². The minimum Gasteiger partial charge on any atom is -0.483 e. The van der Waals surface area contributed by atoms with E-state index in [0.717, 1.165) is 11.1 Å². The van der Waals surface area contributed by atoms with E-state index >= 15 is 0 Å². The average Bonchev–Trinajstić information content (AvgIpc) is 2.68. The van der Waals surface area contributed by atoms with E-state index in [-0.39, 0.29) is 25.7 Å². The molecule has 0 unspecified atom stereocenters. The normalized spacial score (nSPS) is 9.81. The first kappa shape index (κ1) is 19.9. The number of Topliss-reactive ketones (excluding diaryl/α,β-unsaturated/α-hetero) is 1. The van der Waals surface area contributed by atoms with E-state index in [1.165, 1.54) is 6.92 Å². The standard InChI is InChI=1S/C22H19NO3.CH4/c1-16(24)17-11-13-19(14-12-17)23-22(25)15-26-21-10-6-5-9-20(21)18-7-3-2-4-8-18;/h2-14H,15H2,1H3,(H,23,25);1H4. The summed E-state index contributed by atoms with van der Waals surface area (Å²) in [7, 11) is 0. The first-order chi connectivity index (χ1) is 12.6. The van der Waals surface area contributed by atoms with Crippen LogP contribution >= 0.6 is 0 Å². The second-order valence-corrected chi connectivity index (χ2v) is 5.83. The molecule has 0 aromatic heterocycles. The van der Waals surface area contributed by atoms with Crippen molar-refractivity contribution in [2.75, 3.05) is 11.9 Å². The maximum absolute atomic E-state index is 12.1. The second-order valence-electron chi connectivity index (χ2n) is 5.83. The van der Waals surface area contributed by atoms with E-state index in [1.54, 1.807) is 24.3 Å². The molecular weight excluding hydrogens is 338 g/mol. The summed E-state index contributed by atoms with van der Waals surface area (Å²) in [5, 5.41) is 2.76. The van der Waals surface area contributed by atoms with E-state index in [1.807, 2.05) is 54.6 Å². The molecule has 0 radical (unpaired) electrons. The molecule has 0 aliphatic carbocycles. The molecule has 0 saturated heterocycles. The molecule has 0 atom stereocenters. The number of ether oxygens (including phenoxy) is 1. The largest absolute Gasteiger partial charge is 0.483 e.